The van der Waals surface area contributed by atoms with Crippen LogP contribution in [0.2, 0.25) is 0 Å². The SMILES string of the molecule is O=P(c1ccccc1)(c1ccccc1)c1cncc(-c2ccc3sc4ccc(-c5ccc6oc7ccncc7c6c5)cc4c3c2)c1. The number of pyridine rings is 2. The number of fused-ring (bicyclic) bond motifs is 6. The monoisotopic (exact) mass is 628 g/mol. The van der Waals surface area contributed by atoms with Crippen LogP contribution in [0.1, 0.15) is 0 Å². The molecule has 4 heterocycles. The van der Waals surface area contributed by atoms with E-state index >= 15 is 4.57 Å². The normalized spacial score (nSPS) is 12.0. The summed E-state index contributed by atoms with van der Waals surface area (Å²) < 4.78 is 23.5. The van der Waals surface area contributed by atoms with Crippen molar-refractivity contribution < 1.29 is 8.98 Å². The average molecular weight is 629 g/mol. The smallest absolute Gasteiger partial charge is 0.172 e. The molecule has 0 radical (unpaired) electrons. The van der Waals surface area contributed by atoms with Crippen LogP contribution in [0, 0.1) is 0 Å². The highest BCUT2D eigenvalue weighted by molar-refractivity contribution is 7.85. The first-order chi connectivity index (χ1) is 22.6. The van der Waals surface area contributed by atoms with Crippen molar-refractivity contribution in [1.82, 2.24) is 9.97 Å². The fourth-order valence-electron chi connectivity index (χ4n) is 6.42. The second kappa shape index (κ2) is 10.6. The van der Waals surface area contributed by atoms with E-state index in [9.17, 15) is 0 Å². The molecule has 218 valence electrons. The molecule has 6 heteroatoms. The van der Waals surface area contributed by atoms with Gasteiger partial charge in [0.2, 0.25) is 0 Å². The number of benzene rings is 5. The van der Waals surface area contributed by atoms with Gasteiger partial charge in [-0.25, -0.2) is 0 Å². The maximum Gasteiger partial charge on any atom is 0.172 e. The van der Waals surface area contributed by atoms with Crippen LogP contribution in [-0.4, -0.2) is 9.97 Å². The molecular formula is C40H25N2O2PS. The minimum atomic E-state index is -3.14. The van der Waals surface area contributed by atoms with Gasteiger partial charge in [-0.2, -0.15) is 0 Å². The lowest BCUT2D eigenvalue weighted by molar-refractivity contribution is 0.592. The van der Waals surface area contributed by atoms with Crippen molar-refractivity contribution in [3.8, 4) is 22.3 Å². The third-order valence-corrected chi connectivity index (χ3v) is 12.9. The highest BCUT2D eigenvalue weighted by atomic mass is 32.1. The number of hydrogen-bond acceptors (Lipinski definition) is 5. The summed E-state index contributed by atoms with van der Waals surface area (Å²) in [5.74, 6) is 0. The number of hydrogen-bond donors (Lipinski definition) is 0. The molecule has 0 fully saturated rings. The average Bonchev–Trinajstić information content (AvgIpc) is 3.69. The predicted octanol–water partition coefficient (Wildman–Crippen LogP) is 9.72. The van der Waals surface area contributed by atoms with Crippen LogP contribution in [0.4, 0.5) is 0 Å². The van der Waals surface area contributed by atoms with Crippen molar-refractivity contribution in [3.05, 3.63) is 152 Å². The van der Waals surface area contributed by atoms with Gasteiger partial charge in [0, 0.05) is 77.2 Å². The van der Waals surface area contributed by atoms with E-state index in [-0.39, 0.29) is 0 Å². The van der Waals surface area contributed by atoms with Gasteiger partial charge in [0.15, 0.2) is 7.14 Å². The third kappa shape index (κ3) is 4.32. The Kier molecular flexibility index (Phi) is 6.24. The minimum Gasteiger partial charge on any atom is -0.456 e. The number of nitrogens with zero attached hydrogens (tertiary/aromatic N) is 2. The molecule has 0 saturated heterocycles. The minimum absolute atomic E-state index is 0.720. The molecule has 0 aliphatic rings. The Balaban J connectivity index is 1.16. The van der Waals surface area contributed by atoms with Gasteiger partial charge in [-0.1, -0.05) is 78.9 Å². The van der Waals surface area contributed by atoms with Crippen molar-refractivity contribution in [3.63, 3.8) is 0 Å². The predicted molar refractivity (Wildman–Crippen MR) is 192 cm³/mol. The van der Waals surface area contributed by atoms with Gasteiger partial charge >= 0.3 is 0 Å². The molecular weight excluding hydrogens is 603 g/mol. The molecule has 0 saturated carbocycles. The highest BCUT2D eigenvalue weighted by Gasteiger charge is 2.30. The Bertz CT molecular complexity index is 2580. The lowest BCUT2D eigenvalue weighted by Crippen LogP contribution is -2.25. The van der Waals surface area contributed by atoms with Gasteiger partial charge in [-0.05, 0) is 65.2 Å². The van der Waals surface area contributed by atoms with Crippen molar-refractivity contribution >= 4 is 76.5 Å². The second-order valence-electron chi connectivity index (χ2n) is 11.4. The fourth-order valence-corrected chi connectivity index (χ4v) is 10.1. The van der Waals surface area contributed by atoms with E-state index in [0.29, 0.717) is 0 Å². The maximum atomic E-state index is 15.0. The third-order valence-electron chi connectivity index (χ3n) is 8.73. The maximum absolute atomic E-state index is 15.0. The van der Waals surface area contributed by atoms with Crippen LogP contribution < -0.4 is 15.9 Å². The van der Waals surface area contributed by atoms with Crippen LogP contribution in [0.3, 0.4) is 0 Å². The molecule has 0 aliphatic carbocycles. The summed E-state index contributed by atoms with van der Waals surface area (Å²) in [5, 5.41) is 6.80. The molecule has 5 aromatic carbocycles. The molecule has 9 rings (SSSR count). The molecule has 4 nitrogen and oxygen atoms in total. The first-order valence-electron chi connectivity index (χ1n) is 15.1. The summed E-state index contributed by atoms with van der Waals surface area (Å²) in [6, 6.07) is 43.1. The zero-order valence-corrected chi connectivity index (χ0v) is 26.2. The topological polar surface area (TPSA) is 56.0 Å². The summed E-state index contributed by atoms with van der Waals surface area (Å²) >= 11 is 1.79. The van der Waals surface area contributed by atoms with E-state index in [2.05, 4.69) is 58.5 Å². The number of furan rings is 1. The molecule has 0 atom stereocenters. The number of rotatable bonds is 5. The Labute approximate surface area is 269 Å². The van der Waals surface area contributed by atoms with Gasteiger partial charge < -0.3 is 8.98 Å². The first-order valence-corrected chi connectivity index (χ1v) is 17.6. The zero-order chi connectivity index (χ0) is 30.7. The lowest BCUT2D eigenvalue weighted by Gasteiger charge is -2.20. The van der Waals surface area contributed by atoms with Crippen molar-refractivity contribution in [1.29, 1.82) is 0 Å². The van der Waals surface area contributed by atoms with Crippen LogP contribution >= 0.6 is 18.5 Å². The summed E-state index contributed by atoms with van der Waals surface area (Å²) in [5.41, 5.74) is 5.96. The molecule has 9 aromatic rings. The van der Waals surface area contributed by atoms with Gasteiger partial charge in [0.05, 0.1) is 0 Å². The van der Waals surface area contributed by atoms with Gasteiger partial charge in [0.25, 0.3) is 0 Å². The van der Waals surface area contributed by atoms with E-state index in [0.717, 1.165) is 60.1 Å². The van der Waals surface area contributed by atoms with E-state index in [4.69, 9.17) is 4.42 Å². The highest BCUT2D eigenvalue weighted by Crippen LogP contribution is 2.44. The van der Waals surface area contributed by atoms with Gasteiger partial charge in [0.1, 0.15) is 11.2 Å². The summed E-state index contributed by atoms with van der Waals surface area (Å²) in [6.45, 7) is 0. The Morgan fingerprint density at radius 2 is 1.07 bits per heavy atom. The molecule has 46 heavy (non-hydrogen) atoms. The summed E-state index contributed by atoms with van der Waals surface area (Å²) in [7, 11) is -3.14. The van der Waals surface area contributed by atoms with E-state index < -0.39 is 7.14 Å². The second-order valence-corrected chi connectivity index (χ2v) is 15.3. The molecule has 0 bridgehead atoms. The van der Waals surface area contributed by atoms with Crippen LogP contribution in [0.25, 0.3) is 64.4 Å². The summed E-state index contributed by atoms with van der Waals surface area (Å²) in [4.78, 5) is 8.93. The first kappa shape index (κ1) is 27.0. The molecule has 0 unspecified atom stereocenters. The lowest BCUT2D eigenvalue weighted by atomic mass is 10.00. The van der Waals surface area contributed by atoms with E-state index in [1.165, 1.54) is 20.2 Å². The molecule has 0 amide bonds. The molecule has 0 aliphatic heterocycles. The Morgan fingerprint density at radius 1 is 0.478 bits per heavy atom. The Hall–Kier alpha value is -5.35. The largest absolute Gasteiger partial charge is 0.456 e. The van der Waals surface area contributed by atoms with E-state index in [1.807, 2.05) is 91.3 Å². The van der Waals surface area contributed by atoms with Crippen molar-refractivity contribution in [2.75, 3.05) is 0 Å². The van der Waals surface area contributed by atoms with Gasteiger partial charge in [-0.3, -0.25) is 9.97 Å². The standard InChI is InChI=1S/C40H25N2O2PS/c43-45(30-7-3-1-4-8-30,31-9-5-2-6-10-31)32-19-29(23-42-24-32)28-13-16-40-35(22-28)34-21-27(12-15-39(34)46-40)26-11-14-37-33(20-26)36-25-41-18-17-38(36)44-37/h1-25H. The van der Waals surface area contributed by atoms with Crippen molar-refractivity contribution in [2.24, 2.45) is 0 Å². The molecule has 0 spiro atoms. The van der Waals surface area contributed by atoms with Crippen LogP contribution in [0.5, 0.6) is 0 Å². The van der Waals surface area contributed by atoms with Crippen LogP contribution in [-0.2, 0) is 4.57 Å². The quantitative estimate of drug-likeness (QED) is 0.178. The van der Waals surface area contributed by atoms with Crippen LogP contribution in [0.15, 0.2) is 157 Å². The van der Waals surface area contributed by atoms with Crippen molar-refractivity contribution in [2.45, 2.75) is 0 Å². The number of thiophene rings is 1. The zero-order valence-electron chi connectivity index (χ0n) is 24.5. The number of aromatic nitrogens is 2. The van der Waals surface area contributed by atoms with E-state index in [1.54, 1.807) is 23.7 Å². The summed E-state index contributed by atoms with van der Waals surface area (Å²) in [6.07, 6.45) is 7.24. The fraction of sp³-hybridized carbons (Fsp3) is 0. The molecule has 0 N–H and O–H groups in total. The van der Waals surface area contributed by atoms with Gasteiger partial charge in [-0.15, -0.1) is 11.3 Å². The molecule has 4 aromatic heterocycles. The Morgan fingerprint density at radius 3 is 1.74 bits per heavy atom.